The highest BCUT2D eigenvalue weighted by Crippen LogP contribution is 2.40. The summed E-state index contributed by atoms with van der Waals surface area (Å²) in [4.78, 5) is 22.1. The van der Waals surface area contributed by atoms with E-state index in [0.29, 0.717) is 36.1 Å². The average molecular weight is 373 g/mol. The molecule has 2 aliphatic rings. The molecule has 4 rings (SSSR count). The molecule has 0 spiro atoms. The van der Waals surface area contributed by atoms with E-state index < -0.39 is 5.97 Å². The van der Waals surface area contributed by atoms with Gasteiger partial charge in [0.1, 0.15) is 30.1 Å². The van der Waals surface area contributed by atoms with Crippen molar-refractivity contribution in [2.24, 2.45) is 5.92 Å². The van der Waals surface area contributed by atoms with Crippen molar-refractivity contribution in [1.82, 2.24) is 14.9 Å². The fourth-order valence-electron chi connectivity index (χ4n) is 4.05. The number of carboxylic acids is 1. The lowest BCUT2D eigenvalue weighted by atomic mass is 9.93. The van der Waals surface area contributed by atoms with Gasteiger partial charge < -0.3 is 24.5 Å². The lowest BCUT2D eigenvalue weighted by molar-refractivity contribution is 0.0686. The predicted molar refractivity (Wildman–Crippen MR) is 102 cm³/mol. The minimum absolute atomic E-state index is 0.111. The molecule has 2 aromatic rings. The van der Waals surface area contributed by atoms with Gasteiger partial charge in [0.05, 0.1) is 5.52 Å². The van der Waals surface area contributed by atoms with Gasteiger partial charge >= 0.3 is 5.97 Å². The van der Waals surface area contributed by atoms with Crippen LogP contribution in [0, 0.1) is 5.92 Å². The van der Waals surface area contributed by atoms with E-state index in [9.17, 15) is 9.90 Å². The van der Waals surface area contributed by atoms with Gasteiger partial charge in [-0.2, -0.15) is 0 Å². The first-order chi connectivity index (χ1) is 13.2. The molecule has 0 amide bonds. The van der Waals surface area contributed by atoms with Gasteiger partial charge in [-0.3, -0.25) is 0 Å². The minimum atomic E-state index is -1.03. The number of hydrogen-bond acceptors (Lipinski definition) is 5. The van der Waals surface area contributed by atoms with Gasteiger partial charge in [-0.1, -0.05) is 13.3 Å². The molecule has 0 bridgehead atoms. The number of ether oxygens (including phenoxy) is 2. The lowest BCUT2D eigenvalue weighted by Gasteiger charge is -2.31. The number of aromatic nitrogens is 2. The summed E-state index contributed by atoms with van der Waals surface area (Å²) in [6, 6.07) is 1.58. The summed E-state index contributed by atoms with van der Waals surface area (Å²) >= 11 is 0. The third kappa shape index (κ3) is 3.74. The Bertz CT molecular complexity index is 824. The van der Waals surface area contributed by atoms with Gasteiger partial charge in [-0.25, -0.2) is 9.78 Å². The van der Waals surface area contributed by atoms with Crippen molar-refractivity contribution in [3.05, 3.63) is 17.5 Å². The highest BCUT2D eigenvalue weighted by Gasteiger charge is 2.26. The van der Waals surface area contributed by atoms with Crippen LogP contribution in [-0.4, -0.2) is 58.8 Å². The van der Waals surface area contributed by atoms with Crippen molar-refractivity contribution in [2.75, 3.05) is 32.8 Å². The van der Waals surface area contributed by atoms with Gasteiger partial charge in [0.2, 0.25) is 0 Å². The summed E-state index contributed by atoms with van der Waals surface area (Å²) in [5.41, 5.74) is 1.48. The molecule has 3 heterocycles. The zero-order valence-electron chi connectivity index (χ0n) is 15.8. The fourth-order valence-corrected chi connectivity index (χ4v) is 4.05. The van der Waals surface area contributed by atoms with Crippen LogP contribution < -0.4 is 9.47 Å². The Balaban J connectivity index is 1.52. The quantitative estimate of drug-likeness (QED) is 0.809. The van der Waals surface area contributed by atoms with Crippen molar-refractivity contribution < 1.29 is 19.4 Å². The summed E-state index contributed by atoms with van der Waals surface area (Å²) in [5.74, 6) is 1.26. The van der Waals surface area contributed by atoms with Crippen molar-refractivity contribution in [3.8, 4) is 11.5 Å². The van der Waals surface area contributed by atoms with Crippen LogP contribution in [0.5, 0.6) is 11.5 Å². The van der Waals surface area contributed by atoms with Crippen LogP contribution in [0.15, 0.2) is 6.07 Å². The molecule has 7 nitrogen and oxygen atoms in total. The number of benzene rings is 1. The number of carbonyl (C=O) groups is 1. The van der Waals surface area contributed by atoms with Gasteiger partial charge in [0.25, 0.3) is 0 Å². The Hall–Kier alpha value is -2.28. The summed E-state index contributed by atoms with van der Waals surface area (Å²) in [6.07, 6.45) is 5.76. The van der Waals surface area contributed by atoms with Crippen LogP contribution in [-0.2, 0) is 6.42 Å². The highest BCUT2D eigenvalue weighted by molar-refractivity contribution is 5.99. The van der Waals surface area contributed by atoms with Crippen LogP contribution in [0.2, 0.25) is 0 Å². The van der Waals surface area contributed by atoms with Crippen molar-refractivity contribution in [1.29, 1.82) is 0 Å². The maximum atomic E-state index is 11.6. The summed E-state index contributed by atoms with van der Waals surface area (Å²) in [7, 11) is 0. The van der Waals surface area contributed by atoms with Crippen molar-refractivity contribution >= 4 is 17.0 Å². The van der Waals surface area contributed by atoms with Crippen molar-refractivity contribution in [2.45, 2.75) is 39.0 Å². The van der Waals surface area contributed by atoms with Gasteiger partial charge in [-0.05, 0) is 50.9 Å². The molecular weight excluding hydrogens is 346 g/mol. The molecule has 7 heteroatoms. The summed E-state index contributed by atoms with van der Waals surface area (Å²) in [5, 5.41) is 9.48. The number of rotatable bonds is 6. The normalized spacial score (nSPS) is 18.1. The molecule has 1 aromatic carbocycles. The second kappa shape index (κ2) is 7.76. The second-order valence-electron chi connectivity index (χ2n) is 7.50. The Labute approximate surface area is 158 Å². The molecule has 2 N–H and O–H groups in total. The third-order valence-electron chi connectivity index (χ3n) is 5.56. The van der Waals surface area contributed by atoms with E-state index in [4.69, 9.17) is 9.47 Å². The molecule has 146 valence electrons. The highest BCUT2D eigenvalue weighted by atomic mass is 16.6. The van der Waals surface area contributed by atoms with Gasteiger partial charge in [0, 0.05) is 6.42 Å². The number of aromatic carboxylic acids is 1. The smallest absolute Gasteiger partial charge is 0.339 e. The number of nitrogens with zero attached hydrogens (tertiary/aromatic N) is 2. The number of piperidine rings is 1. The number of unbranched alkanes of at least 4 members (excludes halogenated alkanes) is 1. The maximum Gasteiger partial charge on any atom is 0.339 e. The number of imidazole rings is 1. The van der Waals surface area contributed by atoms with E-state index >= 15 is 0 Å². The number of likely N-dealkylation sites (tertiary alicyclic amines) is 1. The Morgan fingerprint density at radius 1 is 1.30 bits per heavy atom. The third-order valence-corrected chi connectivity index (χ3v) is 5.56. The number of hydrogen-bond donors (Lipinski definition) is 2. The van der Waals surface area contributed by atoms with E-state index in [0.717, 1.165) is 30.9 Å². The van der Waals surface area contributed by atoms with Crippen LogP contribution in [0.4, 0.5) is 0 Å². The zero-order valence-corrected chi connectivity index (χ0v) is 15.8. The second-order valence-corrected chi connectivity index (χ2v) is 7.50. The molecule has 1 fully saturated rings. The number of fused-ring (bicyclic) bond motifs is 3. The van der Waals surface area contributed by atoms with E-state index in [1.807, 2.05) is 0 Å². The SMILES string of the molecule is CCCCN1CCC(Cc2nc3cc(C(=O)O)c4c(c3[nH]2)OCCO4)CC1. The van der Waals surface area contributed by atoms with E-state index in [-0.39, 0.29) is 5.56 Å². The summed E-state index contributed by atoms with van der Waals surface area (Å²) < 4.78 is 11.3. The molecule has 0 saturated carbocycles. The largest absolute Gasteiger partial charge is 0.485 e. The molecule has 0 atom stereocenters. The lowest BCUT2D eigenvalue weighted by Crippen LogP contribution is -2.35. The van der Waals surface area contributed by atoms with Crippen LogP contribution in [0.1, 0.15) is 48.8 Å². The summed E-state index contributed by atoms with van der Waals surface area (Å²) in [6.45, 7) is 6.51. The number of aromatic amines is 1. The monoisotopic (exact) mass is 373 g/mol. The van der Waals surface area contributed by atoms with Crippen molar-refractivity contribution in [3.63, 3.8) is 0 Å². The molecule has 0 unspecified atom stereocenters. The van der Waals surface area contributed by atoms with E-state index in [1.54, 1.807) is 6.07 Å². The van der Waals surface area contributed by atoms with Crippen LogP contribution in [0.3, 0.4) is 0 Å². The molecule has 2 aliphatic heterocycles. The Morgan fingerprint density at radius 3 is 2.74 bits per heavy atom. The molecule has 1 aromatic heterocycles. The number of carboxylic acid groups (broad SMARTS) is 1. The standard InChI is InChI=1S/C20H27N3O4/c1-2-3-6-23-7-4-13(5-8-23)11-16-21-15-12-14(20(24)25)18-19(17(15)22-16)27-10-9-26-18/h12-13H,2-11H2,1H3,(H,21,22)(H,24,25). The predicted octanol–water partition coefficient (Wildman–Crippen LogP) is 3.09. The topological polar surface area (TPSA) is 87.7 Å². The first-order valence-corrected chi connectivity index (χ1v) is 9.92. The fraction of sp³-hybridized carbons (Fsp3) is 0.600. The van der Waals surface area contributed by atoms with Gasteiger partial charge in [0.15, 0.2) is 11.5 Å². The number of nitrogens with one attached hydrogen (secondary N) is 1. The van der Waals surface area contributed by atoms with Gasteiger partial charge in [-0.15, -0.1) is 0 Å². The average Bonchev–Trinajstić information content (AvgIpc) is 3.09. The molecule has 0 radical (unpaired) electrons. The molecule has 0 aliphatic carbocycles. The molecule has 1 saturated heterocycles. The van der Waals surface area contributed by atoms with E-state index in [1.165, 1.54) is 32.2 Å². The first kappa shape index (κ1) is 18.1. The molecular formula is C20H27N3O4. The first-order valence-electron chi connectivity index (χ1n) is 9.92. The van der Waals surface area contributed by atoms with Crippen LogP contribution in [0.25, 0.3) is 11.0 Å². The van der Waals surface area contributed by atoms with E-state index in [2.05, 4.69) is 21.8 Å². The number of H-pyrrole nitrogens is 1. The maximum absolute atomic E-state index is 11.6. The zero-order chi connectivity index (χ0) is 18.8. The minimum Gasteiger partial charge on any atom is -0.485 e. The molecule has 27 heavy (non-hydrogen) atoms. The Kier molecular flexibility index (Phi) is 5.20. The Morgan fingerprint density at radius 2 is 2.04 bits per heavy atom. The van der Waals surface area contributed by atoms with Crippen LogP contribution >= 0.6 is 0 Å².